The molecule has 5 rings (SSSR count). The van der Waals surface area contributed by atoms with Crippen molar-refractivity contribution in [3.8, 4) is 28.3 Å². The summed E-state index contributed by atoms with van der Waals surface area (Å²) in [6.45, 7) is 6.68. The summed E-state index contributed by atoms with van der Waals surface area (Å²) in [5.74, 6) is 0.890. The zero-order valence-corrected chi connectivity index (χ0v) is 20.8. The summed E-state index contributed by atoms with van der Waals surface area (Å²) >= 11 is 0. The van der Waals surface area contributed by atoms with E-state index in [0.717, 1.165) is 56.3 Å². The lowest BCUT2D eigenvalue weighted by Gasteiger charge is -2.35. The molecule has 0 radical (unpaired) electrons. The second-order valence-corrected chi connectivity index (χ2v) is 9.25. The first-order valence-corrected chi connectivity index (χ1v) is 12.2. The number of halogens is 2. The Morgan fingerprint density at radius 2 is 1.81 bits per heavy atom. The van der Waals surface area contributed by atoms with Crippen molar-refractivity contribution in [3.05, 3.63) is 54.7 Å². The van der Waals surface area contributed by atoms with Gasteiger partial charge in [-0.25, -0.2) is 14.2 Å². The molecular weight excluding hydrogens is 478 g/mol. The van der Waals surface area contributed by atoms with E-state index in [1.54, 1.807) is 16.9 Å². The largest absolute Gasteiger partial charge is 0.377 e. The number of anilines is 1. The van der Waals surface area contributed by atoms with Crippen LogP contribution in [0.15, 0.2) is 49.2 Å². The second kappa shape index (κ2) is 10.6. The fourth-order valence-corrected chi connectivity index (χ4v) is 4.53. The molecule has 1 saturated heterocycles. The monoisotopic (exact) mass is 506 g/mol. The van der Waals surface area contributed by atoms with Gasteiger partial charge in [-0.3, -0.25) is 4.90 Å². The highest BCUT2D eigenvalue weighted by Crippen LogP contribution is 2.32. The van der Waals surface area contributed by atoms with Crippen molar-refractivity contribution in [2.75, 3.05) is 44.2 Å². The van der Waals surface area contributed by atoms with Gasteiger partial charge in [0.15, 0.2) is 0 Å². The minimum atomic E-state index is -2.72. The van der Waals surface area contributed by atoms with E-state index in [2.05, 4.69) is 26.1 Å². The molecule has 4 aromatic rings. The molecule has 11 heteroatoms. The Labute approximate surface area is 213 Å². The van der Waals surface area contributed by atoms with Crippen molar-refractivity contribution in [1.29, 1.82) is 5.26 Å². The Hall–Kier alpha value is -3.88. The molecule has 1 fully saturated rings. The molecule has 0 N–H and O–H groups in total. The van der Waals surface area contributed by atoms with E-state index in [1.807, 2.05) is 32.0 Å². The maximum absolute atomic E-state index is 13.1. The molecule has 0 aromatic carbocycles. The van der Waals surface area contributed by atoms with E-state index in [1.165, 1.54) is 18.6 Å². The predicted molar refractivity (Wildman–Crippen MR) is 135 cm³/mol. The number of piperazine rings is 1. The number of fused-ring (bicyclic) bond motifs is 1. The Balaban J connectivity index is 1.38. The topological polar surface area (TPSA) is 87.5 Å². The second-order valence-electron chi connectivity index (χ2n) is 9.25. The van der Waals surface area contributed by atoms with Gasteiger partial charge in [0, 0.05) is 73.6 Å². The molecule has 0 amide bonds. The van der Waals surface area contributed by atoms with Crippen LogP contribution >= 0.6 is 0 Å². The number of hydrogen-bond donors (Lipinski definition) is 0. The average Bonchev–Trinajstić information content (AvgIpc) is 3.56. The quantitative estimate of drug-likeness (QED) is 0.356. The van der Waals surface area contributed by atoms with E-state index in [-0.39, 0.29) is 6.10 Å². The summed E-state index contributed by atoms with van der Waals surface area (Å²) in [4.78, 5) is 9.38. The van der Waals surface area contributed by atoms with Crippen LogP contribution in [0.5, 0.6) is 0 Å². The van der Waals surface area contributed by atoms with Gasteiger partial charge >= 0.3 is 6.55 Å². The van der Waals surface area contributed by atoms with Gasteiger partial charge in [-0.1, -0.05) is 0 Å². The van der Waals surface area contributed by atoms with Gasteiger partial charge in [0.2, 0.25) is 0 Å². The number of ether oxygens (including phenoxy) is 1. The Morgan fingerprint density at radius 3 is 2.46 bits per heavy atom. The molecule has 9 nitrogen and oxygen atoms in total. The number of rotatable bonds is 8. The van der Waals surface area contributed by atoms with E-state index in [0.29, 0.717) is 26.9 Å². The third-order valence-corrected chi connectivity index (χ3v) is 6.48. The standard InChI is InChI=1S/C26H28F2N8O/c1-18(2)37-10-9-33-5-7-34(8-6-33)24-4-3-19(13-30-24)23-11-20(22-15-32-36(17-22)26(27)28)16-35-25(23)21(12-29)14-31-35/h3-4,11,13-18,26H,5-10H2,1-2H3. The van der Waals surface area contributed by atoms with Crippen LogP contribution in [0, 0.1) is 11.3 Å². The summed E-state index contributed by atoms with van der Waals surface area (Å²) in [7, 11) is 0. The molecule has 0 saturated carbocycles. The number of aromatic nitrogens is 5. The Kier molecular flexibility index (Phi) is 7.12. The molecular formula is C26H28F2N8O. The maximum atomic E-state index is 13.1. The lowest BCUT2D eigenvalue weighted by atomic mass is 10.0. The lowest BCUT2D eigenvalue weighted by Crippen LogP contribution is -2.47. The molecule has 0 aliphatic carbocycles. The van der Waals surface area contributed by atoms with Crippen molar-refractivity contribution in [3.63, 3.8) is 0 Å². The van der Waals surface area contributed by atoms with Gasteiger partial charge < -0.3 is 9.64 Å². The normalized spacial score (nSPS) is 14.7. The van der Waals surface area contributed by atoms with Gasteiger partial charge in [0.25, 0.3) is 0 Å². The van der Waals surface area contributed by atoms with Crippen LogP contribution in [0.25, 0.3) is 27.8 Å². The van der Waals surface area contributed by atoms with Crippen molar-refractivity contribution >= 4 is 11.3 Å². The van der Waals surface area contributed by atoms with Gasteiger partial charge in [0.1, 0.15) is 11.9 Å². The Bertz CT molecular complexity index is 1400. The lowest BCUT2D eigenvalue weighted by molar-refractivity contribution is 0.0566. The zero-order chi connectivity index (χ0) is 25.9. The van der Waals surface area contributed by atoms with Crippen LogP contribution < -0.4 is 4.90 Å². The average molecular weight is 507 g/mol. The van der Waals surface area contributed by atoms with Crippen molar-refractivity contribution < 1.29 is 13.5 Å². The SMILES string of the molecule is CC(C)OCCN1CCN(c2ccc(-c3cc(-c4cnn(C(F)F)c4)cn4ncc(C#N)c34)cn2)CC1. The number of pyridine rings is 2. The fourth-order valence-electron chi connectivity index (χ4n) is 4.53. The van der Waals surface area contributed by atoms with E-state index < -0.39 is 6.55 Å². The highest BCUT2D eigenvalue weighted by atomic mass is 19.3. The molecule has 0 unspecified atom stereocenters. The highest BCUT2D eigenvalue weighted by Gasteiger charge is 2.19. The summed E-state index contributed by atoms with van der Waals surface area (Å²) in [5, 5.41) is 17.7. The molecule has 0 atom stereocenters. The van der Waals surface area contributed by atoms with E-state index in [9.17, 15) is 14.0 Å². The molecule has 1 aliphatic rings. The van der Waals surface area contributed by atoms with Crippen LogP contribution in [0.3, 0.4) is 0 Å². The van der Waals surface area contributed by atoms with Crippen molar-refractivity contribution in [1.82, 2.24) is 29.3 Å². The van der Waals surface area contributed by atoms with Crippen LogP contribution in [0.2, 0.25) is 0 Å². The van der Waals surface area contributed by atoms with Gasteiger partial charge in [-0.2, -0.15) is 24.2 Å². The third-order valence-electron chi connectivity index (χ3n) is 6.48. The predicted octanol–water partition coefficient (Wildman–Crippen LogP) is 4.07. The Morgan fingerprint density at radius 1 is 1.00 bits per heavy atom. The fraction of sp³-hybridized carbons (Fsp3) is 0.385. The highest BCUT2D eigenvalue weighted by molar-refractivity contribution is 5.87. The van der Waals surface area contributed by atoms with Gasteiger partial charge in [0.05, 0.1) is 36.2 Å². The molecule has 0 spiro atoms. The molecule has 0 bridgehead atoms. The first kappa shape index (κ1) is 24.8. The molecule has 37 heavy (non-hydrogen) atoms. The third kappa shape index (κ3) is 5.30. The molecule has 5 heterocycles. The zero-order valence-electron chi connectivity index (χ0n) is 20.8. The maximum Gasteiger partial charge on any atom is 0.333 e. The van der Waals surface area contributed by atoms with Gasteiger partial charge in [-0.05, 0) is 32.0 Å². The van der Waals surface area contributed by atoms with Gasteiger partial charge in [-0.15, -0.1) is 0 Å². The number of nitriles is 1. The minimum Gasteiger partial charge on any atom is -0.377 e. The van der Waals surface area contributed by atoms with Crippen molar-refractivity contribution in [2.24, 2.45) is 0 Å². The summed E-state index contributed by atoms with van der Waals surface area (Å²) < 4.78 is 34.0. The van der Waals surface area contributed by atoms with Crippen LogP contribution in [0.1, 0.15) is 26.0 Å². The summed E-state index contributed by atoms with van der Waals surface area (Å²) in [5.41, 5.74) is 3.79. The number of nitrogens with zero attached hydrogens (tertiary/aromatic N) is 8. The number of hydrogen-bond acceptors (Lipinski definition) is 7. The van der Waals surface area contributed by atoms with Crippen LogP contribution in [-0.4, -0.2) is 74.7 Å². The first-order valence-electron chi connectivity index (χ1n) is 12.2. The van der Waals surface area contributed by atoms with Crippen LogP contribution in [-0.2, 0) is 4.74 Å². The van der Waals surface area contributed by atoms with Crippen LogP contribution in [0.4, 0.5) is 14.6 Å². The smallest absolute Gasteiger partial charge is 0.333 e. The van der Waals surface area contributed by atoms with Crippen molar-refractivity contribution in [2.45, 2.75) is 26.5 Å². The molecule has 192 valence electrons. The summed E-state index contributed by atoms with van der Waals surface area (Å²) in [6, 6.07) is 8.00. The first-order chi connectivity index (χ1) is 17.9. The summed E-state index contributed by atoms with van der Waals surface area (Å²) in [6.07, 6.45) is 7.92. The van der Waals surface area contributed by atoms with E-state index in [4.69, 9.17) is 9.72 Å². The molecule has 1 aliphatic heterocycles. The number of alkyl halides is 2. The van der Waals surface area contributed by atoms with E-state index >= 15 is 0 Å². The minimum absolute atomic E-state index is 0.244. The molecule has 4 aromatic heterocycles.